The molecule has 3 N–H and O–H groups in total. The molecule has 6 rings (SSSR count). The van der Waals surface area contributed by atoms with E-state index in [9.17, 15) is 20.1 Å². The first-order chi connectivity index (χ1) is 15.2. The highest BCUT2D eigenvalue weighted by molar-refractivity contribution is 5.90. The Morgan fingerprint density at radius 1 is 1.19 bits per heavy atom. The molecule has 0 aromatic rings. The fraction of sp³-hybridized carbons (Fsp3) is 0.958. The summed E-state index contributed by atoms with van der Waals surface area (Å²) >= 11 is 0. The van der Waals surface area contributed by atoms with Crippen LogP contribution in [-0.4, -0.2) is 103 Å². The summed E-state index contributed by atoms with van der Waals surface area (Å²) < 4.78 is 17.6. The van der Waals surface area contributed by atoms with Crippen LogP contribution in [0.4, 0.5) is 0 Å². The number of likely N-dealkylation sites (tertiary alicyclic amines) is 1. The molecule has 5 aliphatic carbocycles. The van der Waals surface area contributed by atoms with Gasteiger partial charge in [-0.15, -0.1) is 0 Å². The number of fused-ring (bicyclic) bond motifs is 2. The molecule has 5 saturated carbocycles. The number of nitrogens with zero attached hydrogens (tertiary/aromatic N) is 1. The smallest absolute Gasteiger partial charge is 0.144 e. The van der Waals surface area contributed by atoms with Crippen molar-refractivity contribution >= 4 is 5.78 Å². The summed E-state index contributed by atoms with van der Waals surface area (Å²) in [7, 11) is 4.87. The summed E-state index contributed by atoms with van der Waals surface area (Å²) in [5, 5.41) is 37.0. The van der Waals surface area contributed by atoms with E-state index in [1.54, 1.807) is 21.3 Å². The van der Waals surface area contributed by atoms with Crippen LogP contribution in [0.1, 0.15) is 32.6 Å². The standard InChI is InChI=1S/C24H37NO7/c1-5-25-10-21(11-30-2)7-6-15(26)23-13-8-12-14(31-3)9-22(28,16(13)17(12)27)24(29,20(23)25)19(32-4)18(21)23/h12-16,18-20,26,28-29H,5-11H2,1-4H3/t12-,13-,14+,15+,16-,18-,19+,20+,21+,22-,23+,24?/m1/s1. The summed E-state index contributed by atoms with van der Waals surface area (Å²) in [6.45, 7) is 3.96. The van der Waals surface area contributed by atoms with Crippen LogP contribution in [0.15, 0.2) is 0 Å². The van der Waals surface area contributed by atoms with Gasteiger partial charge in [0.1, 0.15) is 17.0 Å². The van der Waals surface area contributed by atoms with Gasteiger partial charge in [0.05, 0.1) is 36.9 Å². The van der Waals surface area contributed by atoms with Crippen molar-refractivity contribution in [2.24, 2.45) is 34.5 Å². The number of aliphatic hydroxyl groups is 3. The second-order valence-corrected chi connectivity index (χ2v) is 11.5. The van der Waals surface area contributed by atoms with Gasteiger partial charge in [0.2, 0.25) is 0 Å². The number of ketones is 1. The number of aliphatic hydroxyl groups excluding tert-OH is 1. The quantitative estimate of drug-likeness (QED) is 0.529. The highest BCUT2D eigenvalue weighted by Gasteiger charge is 2.91. The van der Waals surface area contributed by atoms with Gasteiger partial charge in [0.25, 0.3) is 0 Å². The predicted octanol–water partition coefficient (Wildman–Crippen LogP) is -0.175. The molecular weight excluding hydrogens is 414 g/mol. The van der Waals surface area contributed by atoms with Gasteiger partial charge in [-0.2, -0.15) is 0 Å². The number of likely N-dealkylation sites (N-methyl/N-ethyl adjacent to an activating group) is 1. The summed E-state index contributed by atoms with van der Waals surface area (Å²) in [4.78, 5) is 15.9. The van der Waals surface area contributed by atoms with Gasteiger partial charge in [0.15, 0.2) is 0 Å². The van der Waals surface area contributed by atoms with Crippen molar-refractivity contribution in [2.45, 2.75) is 68.2 Å². The van der Waals surface area contributed by atoms with Crippen molar-refractivity contribution in [3.8, 4) is 0 Å². The first-order valence-electron chi connectivity index (χ1n) is 12.2. The summed E-state index contributed by atoms with van der Waals surface area (Å²) in [5.74, 6) is -1.43. The molecule has 7 bridgehead atoms. The Bertz CT molecular complexity index is 839. The number of piperidine rings is 1. The molecule has 1 aliphatic heterocycles. The Morgan fingerprint density at radius 3 is 2.56 bits per heavy atom. The van der Waals surface area contributed by atoms with E-state index >= 15 is 0 Å². The largest absolute Gasteiger partial charge is 0.392 e. The van der Waals surface area contributed by atoms with E-state index in [4.69, 9.17) is 14.2 Å². The zero-order valence-corrected chi connectivity index (χ0v) is 19.5. The summed E-state index contributed by atoms with van der Waals surface area (Å²) in [6, 6.07) is -0.483. The Morgan fingerprint density at radius 2 is 1.94 bits per heavy atom. The molecule has 6 fully saturated rings. The molecule has 0 radical (unpaired) electrons. The lowest BCUT2D eigenvalue weighted by atomic mass is 9.43. The summed E-state index contributed by atoms with van der Waals surface area (Å²) in [5.41, 5.74) is -4.40. The molecule has 0 aromatic carbocycles. The van der Waals surface area contributed by atoms with E-state index in [-0.39, 0.29) is 35.4 Å². The molecule has 32 heavy (non-hydrogen) atoms. The Hall–Kier alpha value is -0.610. The van der Waals surface area contributed by atoms with Gasteiger partial charge in [-0.25, -0.2) is 0 Å². The zero-order chi connectivity index (χ0) is 22.8. The molecule has 0 amide bonds. The van der Waals surface area contributed by atoms with Crippen LogP contribution in [0.3, 0.4) is 0 Å². The van der Waals surface area contributed by atoms with E-state index in [2.05, 4.69) is 11.8 Å². The van der Waals surface area contributed by atoms with Crippen molar-refractivity contribution in [2.75, 3.05) is 41.0 Å². The van der Waals surface area contributed by atoms with Crippen molar-refractivity contribution in [1.29, 1.82) is 0 Å². The molecule has 1 heterocycles. The van der Waals surface area contributed by atoms with Crippen LogP contribution in [0, 0.1) is 34.5 Å². The highest BCUT2D eigenvalue weighted by atomic mass is 16.5. The fourth-order valence-electron chi connectivity index (χ4n) is 10.4. The maximum Gasteiger partial charge on any atom is 0.144 e. The topological polar surface area (TPSA) is 109 Å². The number of Topliss-reactive ketones (excluding diaryl/α,β-unsaturated/α-hetero) is 1. The van der Waals surface area contributed by atoms with E-state index in [0.717, 1.165) is 13.0 Å². The number of carbonyl (C=O) groups is 1. The highest BCUT2D eigenvalue weighted by Crippen LogP contribution is 2.79. The van der Waals surface area contributed by atoms with Gasteiger partial charge < -0.3 is 29.5 Å². The lowest BCUT2D eigenvalue weighted by Gasteiger charge is -2.69. The van der Waals surface area contributed by atoms with Gasteiger partial charge >= 0.3 is 0 Å². The molecule has 8 nitrogen and oxygen atoms in total. The molecule has 180 valence electrons. The number of carbonyl (C=O) groups excluding carboxylic acids is 1. The lowest BCUT2D eigenvalue weighted by Crippen LogP contribution is -2.81. The van der Waals surface area contributed by atoms with Crippen LogP contribution in [-0.2, 0) is 19.0 Å². The van der Waals surface area contributed by atoms with E-state index in [0.29, 0.717) is 26.0 Å². The minimum Gasteiger partial charge on any atom is -0.392 e. The maximum atomic E-state index is 13.7. The normalized spacial score (nSPS) is 60.2. The van der Waals surface area contributed by atoms with Crippen molar-refractivity contribution in [3.63, 3.8) is 0 Å². The molecular formula is C24H37NO7. The van der Waals surface area contributed by atoms with E-state index in [1.165, 1.54) is 0 Å². The van der Waals surface area contributed by atoms with Crippen molar-refractivity contribution in [1.82, 2.24) is 4.90 Å². The van der Waals surface area contributed by atoms with Gasteiger partial charge in [-0.3, -0.25) is 9.69 Å². The van der Waals surface area contributed by atoms with Gasteiger partial charge in [-0.05, 0) is 31.7 Å². The third-order valence-corrected chi connectivity index (χ3v) is 11.0. The first kappa shape index (κ1) is 21.9. The first-order valence-corrected chi connectivity index (χ1v) is 12.2. The molecule has 8 heteroatoms. The summed E-state index contributed by atoms with van der Waals surface area (Å²) in [6.07, 6.45) is 0.350. The molecule has 0 aromatic heterocycles. The van der Waals surface area contributed by atoms with Crippen LogP contribution in [0.5, 0.6) is 0 Å². The number of rotatable bonds is 5. The van der Waals surface area contributed by atoms with Crippen LogP contribution in [0.25, 0.3) is 0 Å². The number of hydrogen-bond acceptors (Lipinski definition) is 8. The van der Waals surface area contributed by atoms with Crippen molar-refractivity contribution < 1.29 is 34.3 Å². The van der Waals surface area contributed by atoms with Gasteiger partial charge in [0, 0.05) is 57.0 Å². The van der Waals surface area contributed by atoms with Crippen LogP contribution >= 0.6 is 0 Å². The van der Waals surface area contributed by atoms with Crippen LogP contribution in [0.2, 0.25) is 0 Å². The average molecular weight is 452 g/mol. The Balaban J connectivity index is 1.68. The number of methoxy groups -OCH3 is 3. The minimum atomic E-state index is -1.69. The number of ether oxygens (including phenoxy) is 3. The Kier molecular flexibility index (Phi) is 4.47. The Labute approximate surface area is 189 Å². The second kappa shape index (κ2) is 6.53. The molecule has 1 unspecified atom stereocenters. The maximum absolute atomic E-state index is 13.7. The van der Waals surface area contributed by atoms with Crippen molar-refractivity contribution in [3.05, 3.63) is 0 Å². The predicted molar refractivity (Wildman–Crippen MR) is 113 cm³/mol. The second-order valence-electron chi connectivity index (χ2n) is 11.5. The molecule has 1 spiro atoms. The zero-order valence-electron chi connectivity index (χ0n) is 19.5. The van der Waals surface area contributed by atoms with Gasteiger partial charge in [-0.1, -0.05) is 6.92 Å². The SMILES string of the molecule is CCN1C[C@]2(COC)CC[C@H](O)[C@]34[C@@H]5C[C@H]6C(=O)[C@@H]5[C@](O)(C[C@@H]6OC)C(O)([C@@H]13)[C@@H](OC)[C@H]24. The third kappa shape index (κ3) is 1.94. The molecule has 1 saturated heterocycles. The minimum absolute atomic E-state index is 0.0129. The number of hydrogen-bond donors (Lipinski definition) is 3. The third-order valence-electron chi connectivity index (χ3n) is 11.0. The van der Waals surface area contributed by atoms with E-state index in [1.807, 2.05) is 0 Å². The molecule has 12 atom stereocenters. The monoisotopic (exact) mass is 451 g/mol. The fourth-order valence-corrected chi connectivity index (χ4v) is 10.4. The van der Waals surface area contributed by atoms with Crippen LogP contribution < -0.4 is 0 Å². The van der Waals surface area contributed by atoms with E-state index < -0.39 is 46.9 Å². The average Bonchev–Trinajstić information content (AvgIpc) is 3.14. The lowest BCUT2D eigenvalue weighted by molar-refractivity contribution is -0.299. The molecule has 6 aliphatic rings.